The SMILES string of the molecule is O=C1OCc2ccc(NS(=O)(=O)c3cccc(Br)c3)cc21. The van der Waals surface area contributed by atoms with Crippen LogP contribution in [-0.2, 0) is 21.4 Å². The fourth-order valence-electron chi connectivity index (χ4n) is 2.03. The van der Waals surface area contributed by atoms with Crippen molar-refractivity contribution >= 4 is 37.6 Å². The third-order valence-corrected chi connectivity index (χ3v) is 4.92. The molecule has 0 amide bonds. The fourth-order valence-corrected chi connectivity index (χ4v) is 3.67. The lowest BCUT2D eigenvalue weighted by Gasteiger charge is -2.09. The summed E-state index contributed by atoms with van der Waals surface area (Å²) in [7, 11) is -3.70. The molecule has 2 aromatic carbocycles. The predicted octanol–water partition coefficient (Wildman–Crippen LogP) is 2.92. The van der Waals surface area contributed by atoms with Crippen LogP contribution < -0.4 is 4.72 Å². The van der Waals surface area contributed by atoms with Gasteiger partial charge in [0.05, 0.1) is 10.5 Å². The maximum Gasteiger partial charge on any atom is 0.338 e. The Balaban J connectivity index is 1.93. The Bertz CT molecular complexity index is 833. The molecule has 3 rings (SSSR count). The van der Waals surface area contributed by atoms with Crippen LogP contribution in [0.1, 0.15) is 15.9 Å². The summed E-state index contributed by atoms with van der Waals surface area (Å²) in [4.78, 5) is 11.6. The highest BCUT2D eigenvalue weighted by molar-refractivity contribution is 9.10. The summed E-state index contributed by atoms with van der Waals surface area (Å²) >= 11 is 3.24. The number of hydrogen-bond donors (Lipinski definition) is 1. The molecule has 0 unspecified atom stereocenters. The number of carbonyl (C=O) groups is 1. The largest absolute Gasteiger partial charge is 0.457 e. The quantitative estimate of drug-likeness (QED) is 0.846. The van der Waals surface area contributed by atoms with Crippen LogP contribution in [0.2, 0.25) is 0 Å². The minimum atomic E-state index is -3.70. The maximum absolute atomic E-state index is 12.3. The molecule has 7 heteroatoms. The van der Waals surface area contributed by atoms with E-state index in [1.807, 2.05) is 0 Å². The molecule has 1 heterocycles. The highest BCUT2D eigenvalue weighted by Gasteiger charge is 2.22. The van der Waals surface area contributed by atoms with Gasteiger partial charge in [0.1, 0.15) is 6.61 Å². The molecule has 0 aromatic heterocycles. The molecule has 108 valence electrons. The second-order valence-corrected chi connectivity index (χ2v) is 7.11. The van der Waals surface area contributed by atoms with Crippen LogP contribution in [-0.4, -0.2) is 14.4 Å². The molecule has 0 spiro atoms. The molecule has 0 fully saturated rings. The van der Waals surface area contributed by atoms with Gasteiger partial charge in [-0.2, -0.15) is 0 Å². The number of benzene rings is 2. The van der Waals surface area contributed by atoms with Crippen molar-refractivity contribution in [2.75, 3.05) is 4.72 Å². The van der Waals surface area contributed by atoms with Crippen LogP contribution in [0.15, 0.2) is 51.8 Å². The van der Waals surface area contributed by atoms with Gasteiger partial charge in [-0.25, -0.2) is 13.2 Å². The number of ether oxygens (including phenoxy) is 1. The molecule has 2 aromatic rings. The molecule has 1 N–H and O–H groups in total. The van der Waals surface area contributed by atoms with Crippen molar-refractivity contribution in [2.24, 2.45) is 0 Å². The Kier molecular flexibility index (Phi) is 3.46. The number of nitrogens with one attached hydrogen (secondary N) is 1. The van der Waals surface area contributed by atoms with E-state index in [0.717, 1.165) is 5.56 Å². The first-order valence-corrected chi connectivity index (χ1v) is 8.32. The lowest BCUT2D eigenvalue weighted by atomic mass is 10.1. The van der Waals surface area contributed by atoms with Crippen molar-refractivity contribution in [3.63, 3.8) is 0 Å². The van der Waals surface area contributed by atoms with Gasteiger partial charge in [-0.1, -0.05) is 28.1 Å². The van der Waals surface area contributed by atoms with E-state index in [0.29, 0.717) is 15.7 Å². The number of cyclic esters (lactones) is 1. The molecule has 0 aliphatic carbocycles. The van der Waals surface area contributed by atoms with Crippen molar-refractivity contribution in [3.8, 4) is 0 Å². The molecule has 1 aliphatic heterocycles. The van der Waals surface area contributed by atoms with Crippen molar-refractivity contribution in [3.05, 3.63) is 58.1 Å². The summed E-state index contributed by atoms with van der Waals surface area (Å²) in [6, 6.07) is 11.2. The third kappa shape index (κ3) is 2.79. The lowest BCUT2D eigenvalue weighted by molar-refractivity contribution is 0.0535. The number of rotatable bonds is 3. The van der Waals surface area contributed by atoms with E-state index in [2.05, 4.69) is 20.7 Å². The maximum atomic E-state index is 12.3. The Hall–Kier alpha value is -1.86. The van der Waals surface area contributed by atoms with E-state index < -0.39 is 16.0 Å². The van der Waals surface area contributed by atoms with E-state index in [-0.39, 0.29) is 11.5 Å². The summed E-state index contributed by atoms with van der Waals surface area (Å²) in [5, 5.41) is 0. The van der Waals surface area contributed by atoms with Crippen molar-refractivity contribution in [1.29, 1.82) is 0 Å². The van der Waals surface area contributed by atoms with Crippen molar-refractivity contribution in [2.45, 2.75) is 11.5 Å². The molecule has 0 atom stereocenters. The number of esters is 1. The van der Waals surface area contributed by atoms with Gasteiger partial charge in [-0.3, -0.25) is 4.72 Å². The first kappa shape index (κ1) is 14.1. The Morgan fingerprint density at radius 1 is 1.14 bits per heavy atom. The number of hydrogen-bond acceptors (Lipinski definition) is 4. The van der Waals surface area contributed by atoms with Crippen LogP contribution >= 0.6 is 15.9 Å². The number of anilines is 1. The summed E-state index contributed by atoms with van der Waals surface area (Å²) in [5.74, 6) is -0.437. The predicted molar refractivity (Wildman–Crippen MR) is 80.5 cm³/mol. The zero-order valence-electron chi connectivity index (χ0n) is 10.7. The van der Waals surface area contributed by atoms with Gasteiger partial charge in [0.15, 0.2) is 0 Å². The monoisotopic (exact) mass is 367 g/mol. The molecule has 0 saturated heterocycles. The number of carbonyl (C=O) groups excluding carboxylic acids is 1. The highest BCUT2D eigenvalue weighted by Crippen LogP contribution is 2.25. The first-order valence-electron chi connectivity index (χ1n) is 6.04. The molecule has 0 saturated carbocycles. The van der Waals surface area contributed by atoms with Crippen LogP contribution in [0.3, 0.4) is 0 Å². The molecule has 5 nitrogen and oxygen atoms in total. The fraction of sp³-hybridized carbons (Fsp3) is 0.0714. The van der Waals surface area contributed by atoms with Gasteiger partial charge in [-0.15, -0.1) is 0 Å². The second-order valence-electron chi connectivity index (χ2n) is 4.51. The van der Waals surface area contributed by atoms with Gasteiger partial charge in [0.2, 0.25) is 0 Å². The topological polar surface area (TPSA) is 72.5 Å². The molecule has 21 heavy (non-hydrogen) atoms. The van der Waals surface area contributed by atoms with Crippen LogP contribution in [0.5, 0.6) is 0 Å². The van der Waals surface area contributed by atoms with Crippen LogP contribution in [0.4, 0.5) is 5.69 Å². The van der Waals surface area contributed by atoms with Gasteiger partial charge in [0.25, 0.3) is 10.0 Å². The van der Waals surface area contributed by atoms with Gasteiger partial charge in [-0.05, 0) is 30.3 Å². The Morgan fingerprint density at radius 3 is 2.71 bits per heavy atom. The molecular formula is C14H10BrNO4S. The standard InChI is InChI=1S/C14H10BrNO4S/c15-10-2-1-3-12(6-10)21(18,19)16-11-5-4-9-8-20-14(17)13(9)7-11/h1-7,16H,8H2. The first-order chi connectivity index (χ1) is 9.95. The average molecular weight is 368 g/mol. The summed E-state index contributed by atoms with van der Waals surface area (Å²) in [5.41, 5.74) is 1.47. The average Bonchev–Trinajstić information content (AvgIpc) is 2.80. The minimum absolute atomic E-state index is 0.139. The lowest BCUT2D eigenvalue weighted by Crippen LogP contribution is -2.13. The van der Waals surface area contributed by atoms with E-state index in [1.54, 1.807) is 24.3 Å². The van der Waals surface area contributed by atoms with Crippen LogP contribution in [0.25, 0.3) is 0 Å². The normalized spacial score (nSPS) is 13.7. The molecule has 0 radical (unpaired) electrons. The Labute approximate surface area is 130 Å². The zero-order chi connectivity index (χ0) is 15.0. The van der Waals surface area contributed by atoms with Gasteiger partial charge in [0, 0.05) is 15.7 Å². The smallest absolute Gasteiger partial charge is 0.338 e. The summed E-state index contributed by atoms with van der Waals surface area (Å²) < 4.78 is 32.6. The van der Waals surface area contributed by atoms with Crippen LogP contribution in [0, 0.1) is 0 Å². The number of sulfonamides is 1. The molecular weight excluding hydrogens is 358 g/mol. The summed E-state index contributed by atoms with van der Waals surface area (Å²) in [6.45, 7) is 0.229. The number of halogens is 1. The molecule has 0 bridgehead atoms. The number of fused-ring (bicyclic) bond motifs is 1. The van der Waals surface area contributed by atoms with Crippen molar-refractivity contribution < 1.29 is 17.9 Å². The van der Waals surface area contributed by atoms with E-state index in [1.165, 1.54) is 18.2 Å². The van der Waals surface area contributed by atoms with E-state index in [9.17, 15) is 13.2 Å². The Morgan fingerprint density at radius 2 is 1.95 bits per heavy atom. The summed E-state index contributed by atoms with van der Waals surface area (Å²) in [6.07, 6.45) is 0. The molecule has 1 aliphatic rings. The van der Waals surface area contributed by atoms with E-state index >= 15 is 0 Å². The van der Waals surface area contributed by atoms with Gasteiger partial charge >= 0.3 is 5.97 Å². The van der Waals surface area contributed by atoms with E-state index in [4.69, 9.17) is 4.74 Å². The zero-order valence-corrected chi connectivity index (χ0v) is 13.1. The minimum Gasteiger partial charge on any atom is -0.457 e. The van der Waals surface area contributed by atoms with Gasteiger partial charge < -0.3 is 4.74 Å². The highest BCUT2D eigenvalue weighted by atomic mass is 79.9. The second kappa shape index (κ2) is 5.16. The van der Waals surface area contributed by atoms with Crippen molar-refractivity contribution in [1.82, 2.24) is 0 Å². The third-order valence-electron chi connectivity index (χ3n) is 3.05.